The fourth-order valence-corrected chi connectivity index (χ4v) is 5.83. The number of nitrogens with zero attached hydrogens (tertiary/aromatic N) is 2. The fraction of sp³-hybridized carbons (Fsp3) is 0.161. The van der Waals surface area contributed by atoms with Crippen molar-refractivity contribution in [3.63, 3.8) is 0 Å². The van der Waals surface area contributed by atoms with Gasteiger partial charge in [-0.3, -0.25) is 9.10 Å². The highest BCUT2D eigenvalue weighted by atomic mass is 35.5. The van der Waals surface area contributed by atoms with Crippen LogP contribution in [0.3, 0.4) is 0 Å². The van der Waals surface area contributed by atoms with Gasteiger partial charge in [0.15, 0.2) is 11.5 Å². The predicted octanol–water partition coefficient (Wildman–Crippen LogP) is 6.63. The van der Waals surface area contributed by atoms with Crippen LogP contribution in [0, 0.1) is 6.92 Å². The van der Waals surface area contributed by atoms with E-state index in [1.165, 1.54) is 36.5 Å². The number of amides is 1. The van der Waals surface area contributed by atoms with Crippen LogP contribution < -0.4 is 19.2 Å². The van der Waals surface area contributed by atoms with Crippen LogP contribution in [0.4, 0.5) is 5.69 Å². The monoisotopic (exact) mass is 625 g/mol. The van der Waals surface area contributed by atoms with Crippen molar-refractivity contribution in [2.24, 2.45) is 5.10 Å². The quantitative estimate of drug-likeness (QED) is 0.141. The number of hydrogen-bond acceptors (Lipinski definition) is 6. The molecule has 0 aliphatic carbocycles. The van der Waals surface area contributed by atoms with Crippen molar-refractivity contribution in [1.82, 2.24) is 5.43 Å². The number of carbonyl (C=O) groups excluding carboxylic acids is 1. The summed E-state index contributed by atoms with van der Waals surface area (Å²) in [4.78, 5) is 12.9. The van der Waals surface area contributed by atoms with E-state index in [1.54, 1.807) is 30.3 Å². The highest BCUT2D eigenvalue weighted by Crippen LogP contribution is 2.30. The van der Waals surface area contributed by atoms with Crippen LogP contribution in [-0.2, 0) is 21.4 Å². The third-order valence-electron chi connectivity index (χ3n) is 5.94. The molecule has 8 nitrogen and oxygen atoms in total. The lowest BCUT2D eigenvalue weighted by atomic mass is 10.2. The molecule has 0 aromatic heterocycles. The Hall–Kier alpha value is -4.05. The van der Waals surface area contributed by atoms with Gasteiger partial charge in [0.25, 0.3) is 15.9 Å². The summed E-state index contributed by atoms with van der Waals surface area (Å²) in [5.41, 5.74) is 5.08. The summed E-state index contributed by atoms with van der Waals surface area (Å²) in [5.74, 6) is 0.418. The highest BCUT2D eigenvalue weighted by Gasteiger charge is 2.27. The van der Waals surface area contributed by atoms with Crippen LogP contribution in [0.15, 0.2) is 101 Å². The minimum atomic E-state index is -4.15. The van der Waals surface area contributed by atoms with Gasteiger partial charge in [-0.2, -0.15) is 5.10 Å². The molecule has 42 heavy (non-hydrogen) atoms. The second-order valence-electron chi connectivity index (χ2n) is 9.16. The topological polar surface area (TPSA) is 97.3 Å². The molecule has 4 aromatic carbocycles. The molecule has 4 aromatic rings. The van der Waals surface area contributed by atoms with Gasteiger partial charge in [0, 0.05) is 10.0 Å². The lowest BCUT2D eigenvalue weighted by Crippen LogP contribution is -2.39. The van der Waals surface area contributed by atoms with Crippen molar-refractivity contribution in [2.75, 3.05) is 17.5 Å². The molecule has 1 amide bonds. The minimum absolute atomic E-state index is 0.0125. The minimum Gasteiger partial charge on any atom is -0.490 e. The van der Waals surface area contributed by atoms with Gasteiger partial charge in [-0.25, -0.2) is 13.8 Å². The Morgan fingerprint density at radius 1 is 0.905 bits per heavy atom. The van der Waals surface area contributed by atoms with Gasteiger partial charge >= 0.3 is 0 Å². The largest absolute Gasteiger partial charge is 0.490 e. The molecular weight excluding hydrogens is 597 g/mol. The molecule has 0 fully saturated rings. The maximum atomic E-state index is 13.6. The molecule has 0 aliphatic heterocycles. The molecule has 218 valence electrons. The smallest absolute Gasteiger partial charge is 0.264 e. The number of aryl methyl sites for hydroxylation is 1. The summed E-state index contributed by atoms with van der Waals surface area (Å²) in [6.45, 7) is 3.95. The summed E-state index contributed by atoms with van der Waals surface area (Å²) in [6.07, 6.45) is 1.43. The van der Waals surface area contributed by atoms with Gasteiger partial charge in [0.05, 0.1) is 23.4 Å². The van der Waals surface area contributed by atoms with Crippen LogP contribution in [0.5, 0.6) is 11.5 Å². The SMILES string of the molecule is CCOc1cc(/C=N/NC(=O)CN(c2cc(Cl)cc(Cl)c2)S(=O)(=O)c2ccc(C)cc2)ccc1OCc1ccccc1. The average molecular weight is 627 g/mol. The Kier molecular flexibility index (Phi) is 10.5. The normalized spacial score (nSPS) is 11.3. The van der Waals surface area contributed by atoms with E-state index < -0.39 is 22.5 Å². The van der Waals surface area contributed by atoms with Crippen molar-refractivity contribution < 1.29 is 22.7 Å². The Balaban J connectivity index is 1.49. The van der Waals surface area contributed by atoms with Gasteiger partial charge in [-0.15, -0.1) is 0 Å². The van der Waals surface area contributed by atoms with Crippen molar-refractivity contribution >= 4 is 51.0 Å². The summed E-state index contributed by atoms with van der Waals surface area (Å²) >= 11 is 12.3. The summed E-state index contributed by atoms with van der Waals surface area (Å²) in [7, 11) is -4.15. The van der Waals surface area contributed by atoms with Crippen molar-refractivity contribution in [3.05, 3.63) is 118 Å². The molecule has 0 aliphatic rings. The first kappa shape index (κ1) is 30.9. The summed E-state index contributed by atoms with van der Waals surface area (Å²) in [6, 6.07) is 25.6. The number of halogens is 2. The van der Waals surface area contributed by atoms with Crippen molar-refractivity contribution in [3.8, 4) is 11.5 Å². The number of sulfonamides is 1. The number of nitrogens with one attached hydrogen (secondary N) is 1. The van der Waals surface area contributed by atoms with Gasteiger partial charge < -0.3 is 9.47 Å². The Morgan fingerprint density at radius 3 is 2.26 bits per heavy atom. The molecule has 0 radical (unpaired) electrons. The average Bonchev–Trinajstić information content (AvgIpc) is 2.96. The first-order valence-corrected chi connectivity index (χ1v) is 15.2. The Bertz CT molecular complexity index is 1640. The molecule has 0 spiro atoms. The lowest BCUT2D eigenvalue weighted by molar-refractivity contribution is -0.119. The molecule has 1 N–H and O–H groups in total. The first-order valence-electron chi connectivity index (χ1n) is 13.0. The van der Waals surface area contributed by atoms with Crippen LogP contribution in [0.2, 0.25) is 10.0 Å². The van der Waals surface area contributed by atoms with E-state index in [2.05, 4.69) is 10.5 Å². The second-order valence-corrected chi connectivity index (χ2v) is 11.9. The van der Waals surface area contributed by atoms with Gasteiger partial charge in [-0.05, 0) is 73.5 Å². The molecule has 0 atom stereocenters. The molecule has 0 unspecified atom stereocenters. The number of hydrogen-bond donors (Lipinski definition) is 1. The number of ether oxygens (including phenoxy) is 2. The molecule has 0 saturated heterocycles. The van der Waals surface area contributed by atoms with E-state index in [9.17, 15) is 13.2 Å². The number of carbonyl (C=O) groups is 1. The first-order chi connectivity index (χ1) is 20.2. The Labute approximate surface area is 255 Å². The zero-order valence-electron chi connectivity index (χ0n) is 23.0. The maximum Gasteiger partial charge on any atom is 0.264 e. The standard InChI is InChI=1S/C31H29Cl2N3O5S/c1-3-40-30-15-24(11-14-29(30)41-21-23-7-5-4-6-8-23)19-34-35-31(37)20-36(27-17-25(32)16-26(33)18-27)42(38,39)28-12-9-22(2)10-13-28/h4-19H,3,20-21H2,1-2H3,(H,35,37)/b34-19+. The molecule has 11 heteroatoms. The zero-order chi connectivity index (χ0) is 30.1. The second kappa shape index (κ2) is 14.2. The highest BCUT2D eigenvalue weighted by molar-refractivity contribution is 7.92. The van der Waals surface area contributed by atoms with E-state index >= 15 is 0 Å². The maximum absolute atomic E-state index is 13.6. The molecule has 0 saturated carbocycles. The third-order valence-corrected chi connectivity index (χ3v) is 8.16. The van der Waals surface area contributed by atoms with Crippen molar-refractivity contribution in [1.29, 1.82) is 0 Å². The summed E-state index contributed by atoms with van der Waals surface area (Å²) in [5, 5.41) is 4.47. The number of rotatable bonds is 12. The van der Waals surface area contributed by atoms with Gasteiger partial charge in [0.2, 0.25) is 0 Å². The van der Waals surface area contributed by atoms with E-state index in [4.69, 9.17) is 32.7 Å². The Morgan fingerprint density at radius 2 is 1.60 bits per heavy atom. The number of hydrazone groups is 1. The summed E-state index contributed by atoms with van der Waals surface area (Å²) < 4.78 is 39.7. The van der Waals surface area contributed by atoms with E-state index in [-0.39, 0.29) is 20.6 Å². The third kappa shape index (κ3) is 8.25. The molecule has 4 rings (SSSR count). The zero-order valence-corrected chi connectivity index (χ0v) is 25.3. The van der Waals surface area contributed by atoms with E-state index in [1.807, 2.05) is 44.2 Å². The molecular formula is C31H29Cl2N3O5S. The van der Waals surface area contributed by atoms with Crippen molar-refractivity contribution in [2.45, 2.75) is 25.3 Å². The van der Waals surface area contributed by atoms with Gasteiger partial charge in [-0.1, -0.05) is 71.2 Å². The number of benzene rings is 4. The van der Waals surface area contributed by atoms with Crippen LogP contribution >= 0.6 is 23.2 Å². The van der Waals surface area contributed by atoms with Crippen LogP contribution in [0.25, 0.3) is 0 Å². The van der Waals surface area contributed by atoms with E-state index in [0.29, 0.717) is 30.3 Å². The lowest BCUT2D eigenvalue weighted by Gasteiger charge is -2.24. The van der Waals surface area contributed by atoms with Crippen LogP contribution in [-0.4, -0.2) is 33.7 Å². The van der Waals surface area contributed by atoms with Crippen LogP contribution in [0.1, 0.15) is 23.6 Å². The van der Waals surface area contributed by atoms with E-state index in [0.717, 1.165) is 15.4 Å². The van der Waals surface area contributed by atoms with Gasteiger partial charge in [0.1, 0.15) is 13.2 Å². The molecule has 0 heterocycles. The number of anilines is 1. The predicted molar refractivity (Wildman–Crippen MR) is 166 cm³/mol. The fourth-order valence-electron chi connectivity index (χ4n) is 3.91. The molecule has 0 bridgehead atoms.